The summed E-state index contributed by atoms with van der Waals surface area (Å²) in [5, 5.41) is 15.4. The van der Waals surface area contributed by atoms with Crippen molar-refractivity contribution >= 4 is 5.96 Å². The first-order valence-corrected chi connectivity index (χ1v) is 11.8. The molecule has 0 aliphatic carbocycles. The van der Waals surface area contributed by atoms with E-state index in [4.69, 9.17) is 4.99 Å². The predicted octanol–water partition coefficient (Wildman–Crippen LogP) is 3.65. The summed E-state index contributed by atoms with van der Waals surface area (Å²) < 4.78 is 2.08. The van der Waals surface area contributed by atoms with Crippen LogP contribution >= 0.6 is 0 Å². The van der Waals surface area contributed by atoms with E-state index in [9.17, 15) is 0 Å². The Balaban J connectivity index is 1.97. The Labute approximate surface area is 188 Å². The fourth-order valence-electron chi connectivity index (χ4n) is 3.64. The zero-order valence-corrected chi connectivity index (χ0v) is 20.0. The SMILES string of the molecule is CCc1nncn1CCN=C(NC(C)CCCN(CC)CC)NC(C)c1ccccc1. The normalized spacial score (nSPS) is 13.9. The molecular formula is C24H41N7. The van der Waals surface area contributed by atoms with E-state index in [-0.39, 0.29) is 6.04 Å². The third kappa shape index (κ3) is 8.69. The van der Waals surface area contributed by atoms with Crippen LogP contribution in [0.15, 0.2) is 41.7 Å². The summed E-state index contributed by atoms with van der Waals surface area (Å²) >= 11 is 0. The topological polar surface area (TPSA) is 70.4 Å². The molecule has 2 atom stereocenters. The van der Waals surface area contributed by atoms with Gasteiger partial charge in [-0.2, -0.15) is 0 Å². The molecule has 0 radical (unpaired) electrons. The molecule has 1 heterocycles. The maximum atomic E-state index is 4.86. The standard InChI is InChI=1S/C24H41N7/c1-6-23-29-26-19-31(23)18-16-25-24(28-21(5)22-14-10-9-11-15-22)27-20(4)13-12-17-30(7-2)8-3/h9-11,14-15,19-21H,6-8,12-13,16-18H2,1-5H3,(H2,25,27,28). The van der Waals surface area contributed by atoms with E-state index in [1.165, 1.54) is 12.0 Å². The van der Waals surface area contributed by atoms with E-state index in [1.807, 2.05) is 6.07 Å². The summed E-state index contributed by atoms with van der Waals surface area (Å²) in [6.07, 6.45) is 4.96. The highest BCUT2D eigenvalue weighted by molar-refractivity contribution is 5.80. The van der Waals surface area contributed by atoms with Gasteiger partial charge in [-0.05, 0) is 51.9 Å². The van der Waals surface area contributed by atoms with Crippen molar-refractivity contribution < 1.29 is 0 Å². The smallest absolute Gasteiger partial charge is 0.192 e. The molecule has 31 heavy (non-hydrogen) atoms. The Hall–Kier alpha value is -2.41. The number of rotatable bonds is 13. The molecule has 2 N–H and O–H groups in total. The Kier molecular flexibility index (Phi) is 11.1. The molecule has 2 unspecified atom stereocenters. The van der Waals surface area contributed by atoms with Crippen LogP contribution in [0, 0.1) is 0 Å². The summed E-state index contributed by atoms with van der Waals surface area (Å²) in [6, 6.07) is 11.0. The number of nitrogens with one attached hydrogen (secondary N) is 2. The van der Waals surface area contributed by atoms with E-state index < -0.39 is 0 Å². The number of aromatic nitrogens is 3. The lowest BCUT2D eigenvalue weighted by Gasteiger charge is -2.23. The molecule has 172 valence electrons. The van der Waals surface area contributed by atoms with Crippen LogP contribution in [0.2, 0.25) is 0 Å². The molecule has 2 rings (SSSR count). The number of guanidine groups is 1. The third-order valence-corrected chi connectivity index (χ3v) is 5.66. The average molecular weight is 428 g/mol. The summed E-state index contributed by atoms with van der Waals surface area (Å²) in [4.78, 5) is 7.34. The minimum absolute atomic E-state index is 0.177. The molecule has 0 spiro atoms. The van der Waals surface area contributed by atoms with Crippen LogP contribution in [0.1, 0.15) is 64.9 Å². The molecule has 0 fully saturated rings. The van der Waals surface area contributed by atoms with Crippen molar-refractivity contribution in [2.45, 2.75) is 72.5 Å². The van der Waals surface area contributed by atoms with Gasteiger partial charge in [0.15, 0.2) is 5.96 Å². The zero-order valence-electron chi connectivity index (χ0n) is 20.0. The predicted molar refractivity (Wildman–Crippen MR) is 129 cm³/mol. The molecular weight excluding hydrogens is 386 g/mol. The largest absolute Gasteiger partial charge is 0.354 e. The fourth-order valence-corrected chi connectivity index (χ4v) is 3.64. The summed E-state index contributed by atoms with van der Waals surface area (Å²) in [6.45, 7) is 15.8. The van der Waals surface area contributed by atoms with Crippen LogP contribution in [-0.2, 0) is 13.0 Å². The zero-order chi connectivity index (χ0) is 22.5. The first-order chi connectivity index (χ1) is 15.1. The van der Waals surface area contributed by atoms with Gasteiger partial charge in [0.25, 0.3) is 0 Å². The van der Waals surface area contributed by atoms with E-state index in [0.717, 1.165) is 50.8 Å². The number of hydrogen-bond acceptors (Lipinski definition) is 4. The monoisotopic (exact) mass is 427 g/mol. The van der Waals surface area contributed by atoms with Crippen LogP contribution in [0.25, 0.3) is 0 Å². The van der Waals surface area contributed by atoms with E-state index in [0.29, 0.717) is 12.6 Å². The van der Waals surface area contributed by atoms with Gasteiger partial charge in [-0.3, -0.25) is 4.99 Å². The van der Waals surface area contributed by atoms with Gasteiger partial charge in [0, 0.05) is 19.0 Å². The van der Waals surface area contributed by atoms with Crippen molar-refractivity contribution in [1.29, 1.82) is 0 Å². The lowest BCUT2D eigenvalue weighted by Crippen LogP contribution is -2.43. The second-order valence-electron chi connectivity index (χ2n) is 8.02. The van der Waals surface area contributed by atoms with Gasteiger partial charge in [-0.25, -0.2) is 0 Å². The van der Waals surface area contributed by atoms with Crippen LogP contribution in [-0.4, -0.2) is 57.8 Å². The van der Waals surface area contributed by atoms with Crippen molar-refractivity contribution in [2.75, 3.05) is 26.2 Å². The number of hydrogen-bond donors (Lipinski definition) is 2. The van der Waals surface area contributed by atoms with Crippen LogP contribution in [0.3, 0.4) is 0 Å². The molecule has 0 saturated carbocycles. The molecule has 7 nitrogen and oxygen atoms in total. The Bertz CT molecular complexity index is 752. The highest BCUT2D eigenvalue weighted by Crippen LogP contribution is 2.11. The first-order valence-electron chi connectivity index (χ1n) is 11.8. The van der Waals surface area contributed by atoms with Crippen molar-refractivity contribution in [3.63, 3.8) is 0 Å². The molecule has 7 heteroatoms. The summed E-state index contributed by atoms with van der Waals surface area (Å²) in [5.74, 6) is 1.86. The molecule has 0 saturated heterocycles. The van der Waals surface area contributed by atoms with Crippen LogP contribution < -0.4 is 10.6 Å². The van der Waals surface area contributed by atoms with E-state index >= 15 is 0 Å². The Morgan fingerprint density at radius 3 is 2.52 bits per heavy atom. The second-order valence-corrected chi connectivity index (χ2v) is 8.02. The third-order valence-electron chi connectivity index (χ3n) is 5.66. The van der Waals surface area contributed by atoms with E-state index in [1.54, 1.807) is 6.33 Å². The van der Waals surface area contributed by atoms with Gasteiger partial charge in [-0.1, -0.05) is 51.1 Å². The Morgan fingerprint density at radius 2 is 1.84 bits per heavy atom. The van der Waals surface area contributed by atoms with Gasteiger partial charge >= 0.3 is 0 Å². The fraction of sp³-hybridized carbons (Fsp3) is 0.625. The molecule has 1 aromatic heterocycles. The second kappa shape index (κ2) is 13.8. The molecule has 0 bridgehead atoms. The van der Waals surface area contributed by atoms with Crippen molar-refractivity contribution in [3.05, 3.63) is 48.0 Å². The molecule has 1 aromatic carbocycles. The summed E-state index contributed by atoms with van der Waals surface area (Å²) in [5.41, 5.74) is 1.25. The number of aryl methyl sites for hydroxylation is 1. The highest BCUT2D eigenvalue weighted by Gasteiger charge is 2.11. The van der Waals surface area contributed by atoms with Gasteiger partial charge in [0.05, 0.1) is 12.6 Å². The van der Waals surface area contributed by atoms with E-state index in [2.05, 4.69) is 89.2 Å². The van der Waals surface area contributed by atoms with Gasteiger partial charge < -0.3 is 20.1 Å². The van der Waals surface area contributed by atoms with Crippen LogP contribution in [0.5, 0.6) is 0 Å². The Morgan fingerprint density at radius 1 is 1.10 bits per heavy atom. The van der Waals surface area contributed by atoms with Gasteiger partial charge in [0.2, 0.25) is 0 Å². The summed E-state index contributed by atoms with van der Waals surface area (Å²) in [7, 11) is 0. The molecule has 0 aliphatic rings. The number of aliphatic imine (C=N–C) groups is 1. The van der Waals surface area contributed by atoms with Gasteiger partial charge in [-0.15, -0.1) is 10.2 Å². The van der Waals surface area contributed by atoms with Crippen molar-refractivity contribution in [3.8, 4) is 0 Å². The highest BCUT2D eigenvalue weighted by atomic mass is 15.3. The van der Waals surface area contributed by atoms with Crippen molar-refractivity contribution in [1.82, 2.24) is 30.3 Å². The first kappa shape index (κ1) is 24.9. The van der Waals surface area contributed by atoms with Crippen LogP contribution in [0.4, 0.5) is 0 Å². The maximum absolute atomic E-state index is 4.86. The maximum Gasteiger partial charge on any atom is 0.192 e. The quantitative estimate of drug-likeness (QED) is 0.377. The molecule has 0 amide bonds. The number of benzene rings is 1. The number of nitrogens with zero attached hydrogens (tertiary/aromatic N) is 5. The van der Waals surface area contributed by atoms with Crippen molar-refractivity contribution in [2.24, 2.45) is 4.99 Å². The lowest BCUT2D eigenvalue weighted by molar-refractivity contribution is 0.292. The minimum atomic E-state index is 0.177. The lowest BCUT2D eigenvalue weighted by atomic mass is 10.1. The molecule has 0 aliphatic heterocycles. The average Bonchev–Trinajstić information content (AvgIpc) is 3.24. The van der Waals surface area contributed by atoms with Gasteiger partial charge in [0.1, 0.15) is 12.2 Å². The minimum Gasteiger partial charge on any atom is -0.354 e. The molecule has 2 aromatic rings.